The van der Waals surface area contributed by atoms with Crippen molar-refractivity contribution >= 4 is 29.1 Å². The number of amides is 1. The Morgan fingerprint density at radius 3 is 2.84 bits per heavy atom. The normalized spacial score (nSPS) is 23.1. The highest BCUT2D eigenvalue weighted by molar-refractivity contribution is 6.30. The number of hydrogen-bond acceptors (Lipinski definition) is 1. The van der Waals surface area contributed by atoms with Crippen LogP contribution in [0.3, 0.4) is 0 Å². The molecule has 104 valence electrons. The predicted octanol–water partition coefficient (Wildman–Crippen LogP) is 3.80. The maximum Gasteiger partial charge on any atom is 0.224 e. The second-order valence-electron chi connectivity index (χ2n) is 5.18. The fourth-order valence-electron chi connectivity index (χ4n) is 2.67. The fourth-order valence-corrected chi connectivity index (χ4v) is 3.25. The van der Waals surface area contributed by atoms with E-state index in [0.717, 1.165) is 18.4 Å². The summed E-state index contributed by atoms with van der Waals surface area (Å²) < 4.78 is 0. The first kappa shape index (κ1) is 14.7. The Morgan fingerprint density at radius 1 is 1.32 bits per heavy atom. The Balaban J connectivity index is 1.90. The first-order valence-corrected chi connectivity index (χ1v) is 7.70. The number of halogens is 2. The highest BCUT2D eigenvalue weighted by Crippen LogP contribution is 2.25. The number of carbonyl (C=O) groups excluding carboxylic acids is 1. The van der Waals surface area contributed by atoms with Gasteiger partial charge in [0.25, 0.3) is 0 Å². The van der Waals surface area contributed by atoms with Crippen LogP contribution in [0.5, 0.6) is 0 Å². The molecule has 1 amide bonds. The molecule has 2 unspecified atom stereocenters. The van der Waals surface area contributed by atoms with Crippen LogP contribution in [-0.2, 0) is 11.2 Å². The molecule has 1 saturated carbocycles. The lowest BCUT2D eigenvalue weighted by atomic mass is 9.85. The molecule has 0 heterocycles. The summed E-state index contributed by atoms with van der Waals surface area (Å²) in [7, 11) is 0. The van der Waals surface area contributed by atoms with Gasteiger partial charge in [0.1, 0.15) is 0 Å². The zero-order valence-corrected chi connectivity index (χ0v) is 12.4. The number of rotatable bonds is 4. The topological polar surface area (TPSA) is 29.1 Å². The van der Waals surface area contributed by atoms with E-state index in [1.807, 2.05) is 24.3 Å². The van der Waals surface area contributed by atoms with E-state index in [-0.39, 0.29) is 11.9 Å². The second kappa shape index (κ2) is 7.16. The molecular weight excluding hydrogens is 281 g/mol. The van der Waals surface area contributed by atoms with Gasteiger partial charge in [0.2, 0.25) is 5.91 Å². The van der Waals surface area contributed by atoms with Crippen molar-refractivity contribution in [2.45, 2.75) is 38.1 Å². The first-order chi connectivity index (χ1) is 9.19. The molecule has 0 spiro atoms. The molecule has 1 N–H and O–H groups in total. The van der Waals surface area contributed by atoms with Crippen LogP contribution < -0.4 is 5.32 Å². The van der Waals surface area contributed by atoms with Gasteiger partial charge in [-0.3, -0.25) is 4.79 Å². The molecule has 1 aromatic carbocycles. The molecule has 2 nitrogen and oxygen atoms in total. The van der Waals surface area contributed by atoms with Crippen LogP contribution >= 0.6 is 23.2 Å². The van der Waals surface area contributed by atoms with Crippen LogP contribution in [0.1, 0.15) is 31.2 Å². The van der Waals surface area contributed by atoms with E-state index in [1.54, 1.807) is 0 Å². The molecule has 19 heavy (non-hydrogen) atoms. The molecule has 2 rings (SSSR count). The van der Waals surface area contributed by atoms with Crippen molar-refractivity contribution in [3.05, 3.63) is 34.9 Å². The maximum absolute atomic E-state index is 12.1. The third kappa shape index (κ3) is 4.39. The summed E-state index contributed by atoms with van der Waals surface area (Å²) in [6.45, 7) is 0. The molecule has 4 heteroatoms. The molecule has 0 bridgehead atoms. The maximum atomic E-state index is 12.1. The number of nitrogens with one attached hydrogen (secondary N) is 1. The summed E-state index contributed by atoms with van der Waals surface area (Å²) in [5.41, 5.74) is 0.947. The van der Waals surface area contributed by atoms with Gasteiger partial charge in [-0.25, -0.2) is 0 Å². The molecule has 1 aliphatic carbocycles. The molecule has 1 aliphatic rings. The van der Waals surface area contributed by atoms with Gasteiger partial charge in [-0.1, -0.05) is 36.6 Å². The first-order valence-electron chi connectivity index (χ1n) is 6.79. The van der Waals surface area contributed by atoms with Crippen molar-refractivity contribution in [1.29, 1.82) is 0 Å². The molecule has 0 aliphatic heterocycles. The largest absolute Gasteiger partial charge is 0.353 e. The predicted molar refractivity (Wildman–Crippen MR) is 79.8 cm³/mol. The number of alkyl halides is 1. The highest BCUT2D eigenvalue weighted by atomic mass is 35.5. The van der Waals surface area contributed by atoms with Gasteiger partial charge in [0, 0.05) is 16.9 Å². The van der Waals surface area contributed by atoms with E-state index < -0.39 is 0 Å². The third-order valence-electron chi connectivity index (χ3n) is 3.71. The van der Waals surface area contributed by atoms with Gasteiger partial charge in [0.15, 0.2) is 0 Å². The molecule has 1 fully saturated rings. The van der Waals surface area contributed by atoms with Crippen molar-refractivity contribution in [3.63, 3.8) is 0 Å². The molecular formula is C15H19Cl2NO. The van der Waals surface area contributed by atoms with E-state index in [2.05, 4.69) is 5.32 Å². The molecule has 0 saturated heterocycles. The van der Waals surface area contributed by atoms with E-state index in [0.29, 0.717) is 23.2 Å². The summed E-state index contributed by atoms with van der Waals surface area (Å²) in [6, 6.07) is 7.67. The Kier molecular flexibility index (Phi) is 5.53. The Labute approximate surface area is 124 Å². The van der Waals surface area contributed by atoms with Crippen LogP contribution in [0.25, 0.3) is 0 Å². The van der Waals surface area contributed by atoms with Gasteiger partial charge in [-0.15, -0.1) is 11.6 Å². The standard InChI is InChI=1S/C15H19Cl2NO/c16-10-12-5-1-2-7-14(12)18-15(19)9-11-4-3-6-13(17)8-11/h3-4,6,8,12,14H,1-2,5,7,9-10H2,(H,18,19). The minimum Gasteiger partial charge on any atom is -0.353 e. The van der Waals surface area contributed by atoms with Crippen molar-refractivity contribution < 1.29 is 4.79 Å². The Morgan fingerprint density at radius 2 is 2.11 bits per heavy atom. The molecule has 0 aromatic heterocycles. The molecule has 2 atom stereocenters. The number of carbonyl (C=O) groups is 1. The minimum absolute atomic E-state index is 0.0595. The molecule has 1 aromatic rings. The second-order valence-corrected chi connectivity index (χ2v) is 5.92. The Bertz CT molecular complexity index is 436. The average Bonchev–Trinajstić information content (AvgIpc) is 2.39. The summed E-state index contributed by atoms with van der Waals surface area (Å²) in [5.74, 6) is 1.10. The van der Waals surface area contributed by atoms with Gasteiger partial charge >= 0.3 is 0 Å². The van der Waals surface area contributed by atoms with Crippen LogP contribution in [0.2, 0.25) is 5.02 Å². The summed E-state index contributed by atoms with van der Waals surface area (Å²) >= 11 is 11.9. The lowest BCUT2D eigenvalue weighted by Gasteiger charge is -2.30. The van der Waals surface area contributed by atoms with Crippen molar-refractivity contribution in [3.8, 4) is 0 Å². The van der Waals surface area contributed by atoms with Crippen molar-refractivity contribution in [2.75, 3.05) is 5.88 Å². The van der Waals surface area contributed by atoms with Gasteiger partial charge < -0.3 is 5.32 Å². The summed E-state index contributed by atoms with van der Waals surface area (Å²) in [5, 5.41) is 3.79. The zero-order valence-electron chi connectivity index (χ0n) is 10.9. The summed E-state index contributed by atoms with van der Waals surface area (Å²) in [6.07, 6.45) is 4.93. The van der Waals surface area contributed by atoms with Crippen LogP contribution in [-0.4, -0.2) is 17.8 Å². The van der Waals surface area contributed by atoms with E-state index >= 15 is 0 Å². The lowest BCUT2D eigenvalue weighted by Crippen LogP contribution is -2.43. The van der Waals surface area contributed by atoms with E-state index in [4.69, 9.17) is 23.2 Å². The highest BCUT2D eigenvalue weighted by Gasteiger charge is 2.25. The quantitative estimate of drug-likeness (QED) is 0.842. The van der Waals surface area contributed by atoms with Gasteiger partial charge in [-0.05, 0) is 36.5 Å². The smallest absolute Gasteiger partial charge is 0.224 e. The van der Waals surface area contributed by atoms with Gasteiger partial charge in [-0.2, -0.15) is 0 Å². The van der Waals surface area contributed by atoms with Crippen molar-refractivity contribution in [2.24, 2.45) is 5.92 Å². The van der Waals surface area contributed by atoms with E-state index in [9.17, 15) is 4.79 Å². The average molecular weight is 300 g/mol. The van der Waals surface area contributed by atoms with Crippen LogP contribution in [0, 0.1) is 5.92 Å². The lowest BCUT2D eigenvalue weighted by molar-refractivity contribution is -0.121. The monoisotopic (exact) mass is 299 g/mol. The number of benzene rings is 1. The van der Waals surface area contributed by atoms with Gasteiger partial charge in [0.05, 0.1) is 6.42 Å². The Hall–Kier alpha value is -0.730. The SMILES string of the molecule is O=C(Cc1cccc(Cl)c1)NC1CCCCC1CCl. The fraction of sp³-hybridized carbons (Fsp3) is 0.533. The van der Waals surface area contributed by atoms with Crippen LogP contribution in [0.4, 0.5) is 0 Å². The minimum atomic E-state index is 0.0595. The summed E-state index contributed by atoms with van der Waals surface area (Å²) in [4.78, 5) is 12.1. The third-order valence-corrected chi connectivity index (χ3v) is 4.34. The van der Waals surface area contributed by atoms with Crippen molar-refractivity contribution in [1.82, 2.24) is 5.32 Å². The molecule has 0 radical (unpaired) electrons. The van der Waals surface area contributed by atoms with Crippen LogP contribution in [0.15, 0.2) is 24.3 Å². The number of hydrogen-bond donors (Lipinski definition) is 1. The zero-order chi connectivity index (χ0) is 13.7. The van der Waals surface area contributed by atoms with E-state index in [1.165, 1.54) is 12.8 Å².